The average Bonchev–Trinajstić information content (AvgIpc) is 3.11. The van der Waals surface area contributed by atoms with Gasteiger partial charge < -0.3 is 14.4 Å². The number of aliphatic hydroxyl groups is 1. The number of aliphatic hydroxyl groups excluding tert-OH is 1. The molecule has 23 heavy (non-hydrogen) atoms. The summed E-state index contributed by atoms with van der Waals surface area (Å²) in [6, 6.07) is 3.61. The van der Waals surface area contributed by atoms with Crippen LogP contribution in [0.1, 0.15) is 37.4 Å². The molecule has 6 heteroatoms. The van der Waals surface area contributed by atoms with Gasteiger partial charge in [0.05, 0.1) is 22.2 Å². The van der Waals surface area contributed by atoms with Gasteiger partial charge in [-0.05, 0) is 18.9 Å². The van der Waals surface area contributed by atoms with E-state index in [1.807, 2.05) is 26.8 Å². The number of hydrogen-bond acceptors (Lipinski definition) is 3. The maximum absolute atomic E-state index is 9.55. The fraction of sp³-hybridized carbons (Fsp3) is 0.471. The smallest absolute Gasteiger partial charge is 0.174 e. The van der Waals surface area contributed by atoms with Crippen LogP contribution >= 0.6 is 23.2 Å². The van der Waals surface area contributed by atoms with Crippen LogP contribution in [0.3, 0.4) is 0 Å². The molecule has 1 aliphatic heterocycles. The Balaban J connectivity index is 0.000000924. The molecule has 4 nitrogen and oxygen atoms in total. The molecule has 0 fully saturated rings. The van der Waals surface area contributed by atoms with E-state index < -0.39 is 0 Å². The summed E-state index contributed by atoms with van der Waals surface area (Å²) in [6.07, 6.45) is 0.889. The zero-order chi connectivity index (χ0) is 17.1. The van der Waals surface area contributed by atoms with Gasteiger partial charge in [0.2, 0.25) is 0 Å². The third-order valence-electron chi connectivity index (χ3n) is 4.08. The number of rotatable bonds is 3. The number of ether oxygens (including phenoxy) is 1. The second-order valence-electron chi connectivity index (χ2n) is 5.17. The van der Waals surface area contributed by atoms with Crippen LogP contribution in [-0.2, 0) is 6.54 Å². The minimum Gasteiger partial charge on any atom is -0.478 e. The third-order valence-corrected chi connectivity index (χ3v) is 4.86. The maximum atomic E-state index is 9.55. The summed E-state index contributed by atoms with van der Waals surface area (Å²) in [5, 5.41) is 20.0. The van der Waals surface area contributed by atoms with Crippen LogP contribution in [0.5, 0.6) is 5.75 Å². The molecule has 1 aliphatic rings. The fourth-order valence-corrected chi connectivity index (χ4v) is 3.68. The number of aromatic nitrogens is 1. The van der Waals surface area contributed by atoms with Crippen LogP contribution in [0, 0.1) is 18.3 Å². The van der Waals surface area contributed by atoms with Gasteiger partial charge >= 0.3 is 0 Å². The molecule has 1 N–H and O–H groups in total. The Hall–Kier alpha value is -1.41. The summed E-state index contributed by atoms with van der Waals surface area (Å²) >= 11 is 12.6. The highest BCUT2D eigenvalue weighted by molar-refractivity contribution is 6.45. The Morgan fingerprint density at radius 2 is 2.13 bits per heavy atom. The van der Waals surface area contributed by atoms with Gasteiger partial charge in [-0.3, -0.25) is 0 Å². The molecule has 3 rings (SSSR count). The van der Waals surface area contributed by atoms with E-state index in [0.717, 1.165) is 35.1 Å². The van der Waals surface area contributed by atoms with Crippen molar-refractivity contribution in [3.05, 3.63) is 27.4 Å². The summed E-state index contributed by atoms with van der Waals surface area (Å²) in [7, 11) is 0. The third kappa shape index (κ3) is 2.89. The number of nitriles is 1. The second-order valence-corrected chi connectivity index (χ2v) is 5.96. The molecule has 2 aromatic rings. The first-order valence-electron chi connectivity index (χ1n) is 7.71. The summed E-state index contributed by atoms with van der Waals surface area (Å²) in [6.45, 7) is 6.85. The monoisotopic (exact) mass is 354 g/mol. The van der Waals surface area contributed by atoms with Gasteiger partial charge in [0.15, 0.2) is 6.61 Å². The molecule has 0 amide bonds. The molecule has 1 aromatic heterocycles. The van der Waals surface area contributed by atoms with E-state index in [2.05, 4.69) is 4.57 Å². The minimum absolute atomic E-state index is 0.0452. The van der Waals surface area contributed by atoms with Crippen molar-refractivity contribution < 1.29 is 9.84 Å². The van der Waals surface area contributed by atoms with Crippen LogP contribution in [0.15, 0.2) is 6.07 Å². The average molecular weight is 355 g/mol. The first kappa shape index (κ1) is 17.9. The van der Waals surface area contributed by atoms with Crippen molar-refractivity contribution in [3.8, 4) is 11.8 Å². The second kappa shape index (κ2) is 7.44. The van der Waals surface area contributed by atoms with Crippen molar-refractivity contribution in [1.82, 2.24) is 4.57 Å². The van der Waals surface area contributed by atoms with Crippen LogP contribution < -0.4 is 4.74 Å². The van der Waals surface area contributed by atoms with E-state index in [4.69, 9.17) is 33.2 Å². The van der Waals surface area contributed by atoms with E-state index >= 15 is 0 Å². The Morgan fingerprint density at radius 3 is 2.74 bits per heavy atom. The van der Waals surface area contributed by atoms with E-state index in [0.29, 0.717) is 15.8 Å². The predicted molar refractivity (Wildman–Crippen MR) is 93.6 cm³/mol. The van der Waals surface area contributed by atoms with E-state index in [1.54, 1.807) is 6.07 Å². The van der Waals surface area contributed by atoms with Crippen molar-refractivity contribution >= 4 is 34.1 Å². The van der Waals surface area contributed by atoms with Gasteiger partial charge in [0.1, 0.15) is 11.8 Å². The Kier molecular flexibility index (Phi) is 5.80. The fourth-order valence-electron chi connectivity index (χ4n) is 3.24. The highest BCUT2D eigenvalue weighted by atomic mass is 35.5. The van der Waals surface area contributed by atoms with Crippen LogP contribution in [0.4, 0.5) is 0 Å². The van der Waals surface area contributed by atoms with E-state index in [9.17, 15) is 5.11 Å². The molecule has 0 spiro atoms. The molecular weight excluding hydrogens is 335 g/mol. The first-order chi connectivity index (χ1) is 11.1. The van der Waals surface area contributed by atoms with Crippen LogP contribution in [0.25, 0.3) is 10.9 Å². The maximum Gasteiger partial charge on any atom is 0.174 e. The zero-order valence-electron chi connectivity index (χ0n) is 13.5. The summed E-state index contributed by atoms with van der Waals surface area (Å²) in [4.78, 5) is 0. The van der Waals surface area contributed by atoms with Gasteiger partial charge in [-0.15, -0.1) is 0 Å². The highest BCUT2D eigenvalue weighted by Gasteiger charge is 2.30. The summed E-state index contributed by atoms with van der Waals surface area (Å²) in [5.41, 5.74) is 2.95. The molecule has 0 saturated carbocycles. The van der Waals surface area contributed by atoms with Gasteiger partial charge in [-0.1, -0.05) is 37.0 Å². The van der Waals surface area contributed by atoms with Crippen molar-refractivity contribution in [2.45, 2.75) is 39.7 Å². The topological polar surface area (TPSA) is 58.2 Å². The summed E-state index contributed by atoms with van der Waals surface area (Å²) in [5.74, 6) is 0.674. The van der Waals surface area contributed by atoms with E-state index in [1.165, 1.54) is 0 Å². The van der Waals surface area contributed by atoms with Crippen molar-refractivity contribution in [2.75, 3.05) is 13.2 Å². The Labute approximate surface area is 146 Å². The number of benzene rings is 1. The van der Waals surface area contributed by atoms with Crippen LogP contribution in [0.2, 0.25) is 10.0 Å². The largest absolute Gasteiger partial charge is 0.478 e. The number of hydrogen-bond donors (Lipinski definition) is 1. The van der Waals surface area contributed by atoms with Gasteiger partial charge in [0, 0.05) is 29.6 Å². The molecule has 1 aromatic carbocycles. The lowest BCUT2D eigenvalue weighted by molar-refractivity contribution is 0.265. The minimum atomic E-state index is -0.0452. The lowest BCUT2D eigenvalue weighted by Gasteiger charge is -2.10. The molecule has 0 aliphatic carbocycles. The summed E-state index contributed by atoms with van der Waals surface area (Å²) < 4.78 is 7.62. The van der Waals surface area contributed by atoms with E-state index in [-0.39, 0.29) is 19.1 Å². The number of fused-ring (bicyclic) bond motifs is 3. The number of aryl methyl sites for hydroxylation is 2. The zero-order valence-corrected chi connectivity index (χ0v) is 15.0. The normalized spacial score (nSPS) is 15.8. The van der Waals surface area contributed by atoms with Crippen molar-refractivity contribution in [1.29, 1.82) is 5.26 Å². The molecule has 0 bridgehead atoms. The first-order valence-corrected chi connectivity index (χ1v) is 8.47. The van der Waals surface area contributed by atoms with Gasteiger partial charge in [0.25, 0.3) is 0 Å². The lowest BCUT2D eigenvalue weighted by atomic mass is 10.0. The predicted octanol–water partition coefficient (Wildman–Crippen LogP) is 4.66. The highest BCUT2D eigenvalue weighted by Crippen LogP contribution is 2.46. The number of nitrogens with zero attached hydrogens (tertiary/aromatic N) is 2. The lowest BCUT2D eigenvalue weighted by Crippen LogP contribution is -2.00. The Morgan fingerprint density at radius 1 is 1.43 bits per heavy atom. The number of halogens is 2. The van der Waals surface area contributed by atoms with Gasteiger partial charge in [-0.25, -0.2) is 0 Å². The Bertz CT molecular complexity index is 763. The molecule has 1 unspecified atom stereocenters. The van der Waals surface area contributed by atoms with Crippen molar-refractivity contribution in [2.24, 2.45) is 0 Å². The molecule has 0 radical (unpaired) electrons. The molecule has 2 heterocycles. The van der Waals surface area contributed by atoms with Crippen molar-refractivity contribution in [3.63, 3.8) is 0 Å². The molecular formula is C17H20Cl2N2O2. The molecule has 1 atom stereocenters. The standard InChI is InChI=1S/C15H14Cl2N2O2.C2H6/c1-8-12-11(21-5-3-18)6-10(16)13(17)15(12)19-4-2-9(7-20)14(8)19;1-2/h6,9,20H,2,4-5,7H2,1H3;1-2H3. The molecule has 0 saturated heterocycles. The SMILES string of the molecule is CC.Cc1c2n(c3c(Cl)c(Cl)cc(OCC#N)c13)CCC2CO. The molecule has 124 valence electrons. The quantitative estimate of drug-likeness (QED) is 0.871. The van der Waals surface area contributed by atoms with Gasteiger partial charge in [-0.2, -0.15) is 5.26 Å². The van der Waals surface area contributed by atoms with Crippen LogP contribution in [-0.4, -0.2) is 22.9 Å².